The molecule has 14 nitrogen and oxygen atoms in total. The number of rotatable bonds is 52. The smallest absolute Gasteiger partial charge is 0.306 e. The van der Waals surface area contributed by atoms with Crippen LogP contribution < -0.4 is 0 Å². The lowest BCUT2D eigenvalue weighted by Crippen LogP contribution is -2.61. The molecular weight excluding hydrogens is 969 g/mol. The summed E-state index contributed by atoms with van der Waals surface area (Å²) < 4.78 is 34.5. The number of unbranched alkanes of at least 4 members (excludes halogenated alkanes) is 34. The predicted molar refractivity (Wildman–Crippen MR) is 303 cm³/mol. The highest BCUT2D eigenvalue weighted by Crippen LogP contribution is 2.27. The zero-order chi connectivity index (χ0) is 55.1. The molecule has 2 rings (SSSR count). The van der Waals surface area contributed by atoms with Crippen molar-refractivity contribution in [3.8, 4) is 0 Å². The highest BCUT2D eigenvalue weighted by atomic mass is 16.7. The van der Waals surface area contributed by atoms with Crippen LogP contribution in [0.5, 0.6) is 0 Å². The van der Waals surface area contributed by atoms with E-state index in [2.05, 4.69) is 38.2 Å². The minimum atomic E-state index is -1.71. The second-order valence-corrected chi connectivity index (χ2v) is 22.2. The summed E-state index contributed by atoms with van der Waals surface area (Å²) in [5, 5.41) is 72.4. The van der Waals surface area contributed by atoms with Crippen molar-refractivity contribution in [1.82, 2.24) is 0 Å². The minimum Gasteiger partial charge on any atom is -0.457 e. The van der Waals surface area contributed by atoms with Gasteiger partial charge in [-0.15, -0.1) is 0 Å². The summed E-state index contributed by atoms with van der Waals surface area (Å²) in [6.07, 6.45) is 41.0. The van der Waals surface area contributed by atoms with E-state index >= 15 is 0 Å². The highest BCUT2D eigenvalue weighted by Gasteiger charge is 2.47. The number of aliphatic hydroxyl groups excluding tert-OH is 7. The van der Waals surface area contributed by atoms with Gasteiger partial charge < -0.3 is 64.2 Å². The van der Waals surface area contributed by atoms with Crippen molar-refractivity contribution in [2.45, 2.75) is 332 Å². The van der Waals surface area contributed by atoms with Crippen LogP contribution in [-0.4, -0.2) is 142 Å². The SMILES string of the molecule is CCCCC/C=C\C/C=C\CCCCCCCCCCOCC(COC1OC(COC2OC(CO)C(O)C(O)C2O)C(O)C(O)C1O)OC(=O)CCCCCCCCCCCCCCCCCCCCCCCCCC. The molecule has 11 atom stereocenters. The molecule has 0 spiro atoms. The fourth-order valence-electron chi connectivity index (χ4n) is 10.1. The molecule has 0 aliphatic carbocycles. The van der Waals surface area contributed by atoms with Gasteiger partial charge in [-0.3, -0.25) is 4.79 Å². The highest BCUT2D eigenvalue weighted by molar-refractivity contribution is 5.69. The molecule has 0 aromatic heterocycles. The number of ether oxygens (including phenoxy) is 6. The van der Waals surface area contributed by atoms with Gasteiger partial charge in [0.1, 0.15) is 54.9 Å². The van der Waals surface area contributed by atoms with Crippen molar-refractivity contribution in [1.29, 1.82) is 0 Å². The predicted octanol–water partition coefficient (Wildman–Crippen LogP) is 11.9. The minimum absolute atomic E-state index is 0.0620. The summed E-state index contributed by atoms with van der Waals surface area (Å²) in [4.78, 5) is 13.1. The fourth-order valence-corrected chi connectivity index (χ4v) is 10.1. The van der Waals surface area contributed by atoms with Crippen LogP contribution in [0.2, 0.25) is 0 Å². The number of allylic oxidation sites excluding steroid dienone is 4. The van der Waals surface area contributed by atoms with Gasteiger partial charge in [0.25, 0.3) is 0 Å². The van der Waals surface area contributed by atoms with Gasteiger partial charge in [-0.05, 0) is 44.9 Å². The van der Waals surface area contributed by atoms with E-state index in [1.807, 2.05) is 0 Å². The van der Waals surface area contributed by atoms with Crippen molar-refractivity contribution in [2.75, 3.05) is 33.0 Å². The van der Waals surface area contributed by atoms with Gasteiger partial charge in [0, 0.05) is 13.0 Å². The van der Waals surface area contributed by atoms with E-state index in [-0.39, 0.29) is 25.6 Å². The first-order valence-corrected chi connectivity index (χ1v) is 31.4. The fraction of sp³-hybridized carbons (Fsp3) is 0.919. The second-order valence-electron chi connectivity index (χ2n) is 22.2. The maximum absolute atomic E-state index is 13.1. The number of carbonyl (C=O) groups is 1. The largest absolute Gasteiger partial charge is 0.457 e. The van der Waals surface area contributed by atoms with Gasteiger partial charge in [0.05, 0.1) is 26.4 Å². The third kappa shape index (κ3) is 35.3. The molecule has 2 saturated heterocycles. The first-order chi connectivity index (χ1) is 37.1. The van der Waals surface area contributed by atoms with Crippen LogP contribution in [0.15, 0.2) is 24.3 Å². The number of carbonyl (C=O) groups excluding carboxylic acids is 1. The van der Waals surface area contributed by atoms with Gasteiger partial charge in [-0.1, -0.05) is 237 Å². The Balaban J connectivity index is 1.67. The van der Waals surface area contributed by atoms with Crippen LogP contribution in [0.3, 0.4) is 0 Å². The molecule has 11 unspecified atom stereocenters. The number of aliphatic hydroxyl groups is 7. The topological polar surface area (TPSA) is 214 Å². The van der Waals surface area contributed by atoms with Crippen molar-refractivity contribution < 1.29 is 69.0 Å². The van der Waals surface area contributed by atoms with Crippen LogP contribution >= 0.6 is 0 Å². The first-order valence-electron chi connectivity index (χ1n) is 31.4. The number of hydrogen-bond acceptors (Lipinski definition) is 14. The Kier molecular flexibility index (Phi) is 45.8. The van der Waals surface area contributed by atoms with E-state index in [1.54, 1.807) is 0 Å². The summed E-state index contributed by atoms with van der Waals surface area (Å²) in [6, 6.07) is 0. The van der Waals surface area contributed by atoms with Crippen LogP contribution in [0.1, 0.15) is 264 Å². The normalized spacial score (nSPS) is 24.5. The van der Waals surface area contributed by atoms with Gasteiger partial charge in [-0.25, -0.2) is 0 Å². The molecule has 0 saturated carbocycles. The first kappa shape index (κ1) is 70.6. The quantitative estimate of drug-likeness (QED) is 0.0172. The second kappa shape index (κ2) is 49.3. The zero-order valence-electron chi connectivity index (χ0n) is 48.3. The molecule has 448 valence electrons. The Hall–Kier alpha value is -1.53. The third-order valence-electron chi connectivity index (χ3n) is 15.2. The Labute approximate surface area is 462 Å². The molecule has 2 fully saturated rings. The monoisotopic (exact) mass is 1080 g/mol. The number of hydrogen-bond donors (Lipinski definition) is 7. The summed E-state index contributed by atoms with van der Waals surface area (Å²) in [5.41, 5.74) is 0. The zero-order valence-corrected chi connectivity index (χ0v) is 48.3. The van der Waals surface area contributed by atoms with Crippen molar-refractivity contribution in [2.24, 2.45) is 0 Å². The molecule has 76 heavy (non-hydrogen) atoms. The van der Waals surface area contributed by atoms with Gasteiger partial charge in [0.15, 0.2) is 12.6 Å². The lowest BCUT2D eigenvalue weighted by Gasteiger charge is -2.42. The molecule has 0 bridgehead atoms. The van der Waals surface area contributed by atoms with E-state index < -0.39 is 80.7 Å². The molecule has 0 radical (unpaired) electrons. The molecule has 7 N–H and O–H groups in total. The molecule has 14 heteroatoms. The molecule has 0 amide bonds. The number of esters is 1. The molecule has 2 heterocycles. The van der Waals surface area contributed by atoms with Crippen molar-refractivity contribution in [3.63, 3.8) is 0 Å². The van der Waals surface area contributed by atoms with Crippen molar-refractivity contribution in [3.05, 3.63) is 24.3 Å². The van der Waals surface area contributed by atoms with Crippen LogP contribution in [0.25, 0.3) is 0 Å². The van der Waals surface area contributed by atoms with Crippen LogP contribution in [0, 0.1) is 0 Å². The average Bonchev–Trinajstić information content (AvgIpc) is 3.42. The maximum Gasteiger partial charge on any atom is 0.306 e. The molecule has 2 aliphatic rings. The van der Waals surface area contributed by atoms with Crippen molar-refractivity contribution >= 4 is 5.97 Å². The van der Waals surface area contributed by atoms with E-state index in [4.69, 9.17) is 28.4 Å². The van der Waals surface area contributed by atoms with Crippen LogP contribution in [-0.2, 0) is 33.2 Å². The van der Waals surface area contributed by atoms with E-state index in [9.17, 15) is 40.5 Å². The van der Waals surface area contributed by atoms with Crippen LogP contribution in [0.4, 0.5) is 0 Å². The molecule has 0 aromatic carbocycles. The third-order valence-corrected chi connectivity index (χ3v) is 15.2. The Morgan fingerprint density at radius 3 is 1.29 bits per heavy atom. The summed E-state index contributed by atoms with van der Waals surface area (Å²) in [5.74, 6) is -0.372. The standard InChI is InChI=1S/C62H116O14/c1-3-5-7-9-11-13-15-17-19-21-23-24-25-26-27-28-29-31-33-35-37-39-41-43-45-54(64)74-51(48-71-46-44-42-40-38-36-34-32-30-22-20-18-16-14-12-10-8-6-4-2)49-72-61-60(70)58(68)56(66)53(76-61)50-73-62-59(69)57(67)55(65)52(47-63)75-62/h12,14,18,20,51-53,55-63,65-70H,3-11,13,15-17,19,21-50H2,1-2H3/b14-12-,20-18-. The van der Waals surface area contributed by atoms with Gasteiger partial charge in [-0.2, -0.15) is 0 Å². The lowest BCUT2D eigenvalue weighted by atomic mass is 9.98. The summed E-state index contributed by atoms with van der Waals surface area (Å²) >= 11 is 0. The molecule has 0 aromatic rings. The van der Waals surface area contributed by atoms with Gasteiger partial charge in [0.2, 0.25) is 0 Å². The van der Waals surface area contributed by atoms with E-state index in [0.29, 0.717) is 13.0 Å². The Bertz CT molecular complexity index is 1350. The Morgan fingerprint density at radius 2 is 0.816 bits per heavy atom. The molecule has 2 aliphatic heterocycles. The lowest BCUT2D eigenvalue weighted by molar-refractivity contribution is -0.332. The summed E-state index contributed by atoms with van der Waals surface area (Å²) in [7, 11) is 0. The molecular formula is C62H116O14. The maximum atomic E-state index is 13.1. The summed E-state index contributed by atoms with van der Waals surface area (Å²) in [6.45, 7) is 3.71. The average molecular weight is 1090 g/mol. The van der Waals surface area contributed by atoms with Gasteiger partial charge >= 0.3 is 5.97 Å². The van der Waals surface area contributed by atoms with E-state index in [0.717, 1.165) is 51.4 Å². The Morgan fingerprint density at radius 1 is 0.434 bits per heavy atom. The van der Waals surface area contributed by atoms with E-state index in [1.165, 1.54) is 186 Å².